The lowest BCUT2D eigenvalue weighted by Gasteiger charge is -2.50. The summed E-state index contributed by atoms with van der Waals surface area (Å²) in [5.41, 5.74) is 0. The zero-order valence-electron chi connectivity index (χ0n) is 55.7. The number of hydrogen-bond acceptors (Lipinski definition) is 20. The monoisotopic (exact) mass is 1310 g/mol. The van der Waals surface area contributed by atoms with E-state index in [0.717, 1.165) is 64.7 Å². The quantitative estimate of drug-likeness (QED) is 0.0223. The van der Waals surface area contributed by atoms with Gasteiger partial charge in [-0.1, -0.05) is 219 Å². The molecule has 0 aromatic heterocycles. The van der Waals surface area contributed by atoms with Crippen LogP contribution >= 0.6 is 0 Å². The fourth-order valence-electron chi connectivity index (χ4n) is 12.5. The van der Waals surface area contributed by atoms with Crippen LogP contribution in [0, 0.1) is 0 Å². The van der Waals surface area contributed by atoms with Crippen LogP contribution in [0.15, 0.2) is 12.2 Å². The highest BCUT2D eigenvalue weighted by Crippen LogP contribution is 2.39. The topological polar surface area (TPSA) is 373 Å². The predicted molar refractivity (Wildman–Crippen MR) is 343 cm³/mol. The van der Waals surface area contributed by atoms with Crippen LogP contribution in [0.2, 0.25) is 0 Å². The van der Waals surface area contributed by atoms with Crippen molar-refractivity contribution >= 4 is 17.8 Å². The predicted octanol–water partition coefficient (Wildman–Crippen LogP) is 6.68. The molecule has 18 atom stereocenters. The van der Waals surface area contributed by atoms with Gasteiger partial charge < -0.3 is 100 Å². The summed E-state index contributed by atoms with van der Waals surface area (Å²) in [6, 6.07) is -2.53. The molecule has 3 heterocycles. The SMILES string of the molecule is CCCCCCCCCCCCCC/C=C\CCCCCCCCCCCC(=O)NC(COC1OC(CO)C(OC2OC(CO)C(O)C(OC3(C(=O)O)CC(O)C(NC(C)=O)C(C(O)C(O)CO)O3)C2O)C(O)C1O)C(O)CCCCCCCCCCCCCC. The Balaban J connectivity index is 1.54. The number of amides is 2. The van der Waals surface area contributed by atoms with Crippen LogP contribution in [0.1, 0.15) is 265 Å². The number of hydrogen-bond donors (Lipinski definition) is 14. The molecular formula is C68H126N2O21. The average molecular weight is 1310 g/mol. The number of rotatable bonds is 54. The van der Waals surface area contributed by atoms with Crippen molar-refractivity contribution < 1.29 is 104 Å². The van der Waals surface area contributed by atoms with Crippen LogP contribution in [-0.4, -0.2) is 215 Å². The first kappa shape index (κ1) is 82.7. The van der Waals surface area contributed by atoms with Crippen molar-refractivity contribution in [2.75, 3.05) is 26.4 Å². The van der Waals surface area contributed by atoms with E-state index >= 15 is 0 Å². The number of ether oxygens (including phenoxy) is 6. The standard InChI is InChI=1S/C68H126N2O21/c1-4-6-8-10-12-14-16-18-19-20-21-22-23-24-25-26-27-28-29-30-32-34-36-38-40-42-55(78)70-49(50(75)41-39-37-35-33-31-17-15-13-11-9-7-5-2)47-86-65-60(82)59(81)62(54(46-73)88-65)89-66-61(83)64(58(80)53(45-72)87-66)91-68(67(84)85)43-51(76)56(69-48(3)74)63(90-68)57(79)52(77)44-71/h24-25,49-54,56-66,71-73,75-77,79-83H,4-23,26-47H2,1-3H3,(H,69,74)(H,70,78)(H,84,85)/b25-24-. The van der Waals surface area contributed by atoms with Crippen LogP contribution in [0.4, 0.5) is 0 Å². The Morgan fingerprint density at radius 2 is 1.02 bits per heavy atom. The summed E-state index contributed by atoms with van der Waals surface area (Å²) in [6.45, 7) is 2.20. The fourth-order valence-corrected chi connectivity index (χ4v) is 12.5. The molecule has 0 aromatic carbocycles. The van der Waals surface area contributed by atoms with Gasteiger partial charge in [0.05, 0.1) is 50.7 Å². The van der Waals surface area contributed by atoms with Gasteiger partial charge in [-0.3, -0.25) is 9.59 Å². The smallest absolute Gasteiger partial charge is 0.364 e. The summed E-state index contributed by atoms with van der Waals surface area (Å²) in [4.78, 5) is 38.5. The molecule has 534 valence electrons. The van der Waals surface area contributed by atoms with Gasteiger partial charge in [0.1, 0.15) is 67.1 Å². The second kappa shape index (κ2) is 49.1. The third-order valence-corrected chi connectivity index (χ3v) is 18.2. The highest BCUT2D eigenvalue weighted by Gasteiger charge is 2.60. The molecule has 23 heteroatoms. The van der Waals surface area contributed by atoms with Gasteiger partial charge in [0.15, 0.2) is 12.6 Å². The Morgan fingerprint density at radius 1 is 0.560 bits per heavy atom. The minimum absolute atomic E-state index is 0.223. The van der Waals surface area contributed by atoms with Crippen LogP contribution in [0.3, 0.4) is 0 Å². The lowest BCUT2D eigenvalue weighted by atomic mass is 9.88. The van der Waals surface area contributed by atoms with Crippen molar-refractivity contribution in [2.24, 2.45) is 0 Å². The lowest BCUT2D eigenvalue weighted by molar-refractivity contribution is -0.386. The van der Waals surface area contributed by atoms with Gasteiger partial charge >= 0.3 is 5.97 Å². The maximum Gasteiger partial charge on any atom is 0.364 e. The highest BCUT2D eigenvalue weighted by molar-refractivity contribution is 5.77. The third kappa shape index (κ3) is 31.5. The largest absolute Gasteiger partial charge is 0.477 e. The molecule has 23 nitrogen and oxygen atoms in total. The van der Waals surface area contributed by atoms with Gasteiger partial charge in [0.25, 0.3) is 5.79 Å². The van der Waals surface area contributed by atoms with Crippen LogP contribution in [-0.2, 0) is 42.8 Å². The third-order valence-electron chi connectivity index (χ3n) is 18.2. The Hall–Kier alpha value is -2.53. The summed E-state index contributed by atoms with van der Waals surface area (Å²) in [5, 5.41) is 136. The average Bonchev–Trinajstić information content (AvgIpc) is 0.780. The number of carbonyl (C=O) groups is 3. The zero-order valence-corrected chi connectivity index (χ0v) is 55.7. The molecule has 18 unspecified atom stereocenters. The van der Waals surface area contributed by atoms with E-state index in [1.807, 2.05) is 0 Å². The number of aliphatic carboxylic acids is 1. The Morgan fingerprint density at radius 3 is 1.48 bits per heavy atom. The summed E-state index contributed by atoms with van der Waals surface area (Å²) in [6.07, 6.45) is 18.0. The molecule has 14 N–H and O–H groups in total. The first-order valence-electron chi connectivity index (χ1n) is 35.5. The minimum Gasteiger partial charge on any atom is -0.477 e. The summed E-state index contributed by atoms with van der Waals surface area (Å²) < 4.78 is 34.8. The molecule has 0 aliphatic carbocycles. The molecule has 3 rings (SSSR count). The second-order valence-electron chi connectivity index (χ2n) is 26.1. The second-order valence-corrected chi connectivity index (χ2v) is 26.1. The van der Waals surface area contributed by atoms with Crippen molar-refractivity contribution in [3.8, 4) is 0 Å². The van der Waals surface area contributed by atoms with Crippen molar-refractivity contribution in [3.63, 3.8) is 0 Å². The number of aliphatic hydroxyl groups is 11. The van der Waals surface area contributed by atoms with Crippen molar-refractivity contribution in [2.45, 2.75) is 375 Å². The number of carboxylic acid groups (broad SMARTS) is 1. The highest BCUT2D eigenvalue weighted by atomic mass is 16.8. The van der Waals surface area contributed by atoms with E-state index < -0.39 is 148 Å². The molecule has 3 saturated heterocycles. The van der Waals surface area contributed by atoms with E-state index in [1.165, 1.54) is 154 Å². The molecule has 0 saturated carbocycles. The summed E-state index contributed by atoms with van der Waals surface area (Å²) in [7, 11) is 0. The lowest BCUT2D eigenvalue weighted by Crippen LogP contribution is -2.70. The molecule has 3 aliphatic heterocycles. The molecule has 3 aliphatic rings. The van der Waals surface area contributed by atoms with Gasteiger partial charge in [0, 0.05) is 19.8 Å². The van der Waals surface area contributed by atoms with Crippen molar-refractivity contribution in [1.29, 1.82) is 0 Å². The normalized spacial score (nSPS) is 28.4. The van der Waals surface area contributed by atoms with Crippen LogP contribution < -0.4 is 10.6 Å². The molecule has 0 aromatic rings. The Bertz CT molecular complexity index is 1890. The maximum absolute atomic E-state index is 13.5. The van der Waals surface area contributed by atoms with E-state index in [0.29, 0.717) is 19.3 Å². The van der Waals surface area contributed by atoms with E-state index in [2.05, 4.69) is 36.6 Å². The number of unbranched alkanes of at least 4 members (excludes halogenated alkanes) is 32. The summed E-state index contributed by atoms with van der Waals surface area (Å²) in [5.74, 6) is -6.10. The van der Waals surface area contributed by atoms with E-state index in [9.17, 15) is 75.7 Å². The Labute approximate surface area is 543 Å². The number of carbonyl (C=O) groups excluding carboxylic acids is 2. The van der Waals surface area contributed by atoms with Gasteiger partial charge in [-0.15, -0.1) is 0 Å². The van der Waals surface area contributed by atoms with E-state index in [-0.39, 0.29) is 18.9 Å². The van der Waals surface area contributed by atoms with Crippen molar-refractivity contribution in [1.82, 2.24) is 10.6 Å². The fraction of sp³-hybridized carbons (Fsp3) is 0.926. The van der Waals surface area contributed by atoms with Gasteiger partial charge in [-0.2, -0.15) is 0 Å². The molecule has 2 amide bonds. The minimum atomic E-state index is -3.08. The Kier molecular flexibility index (Phi) is 44.6. The maximum atomic E-state index is 13.5. The zero-order chi connectivity index (χ0) is 66.8. The molecule has 0 radical (unpaired) electrons. The van der Waals surface area contributed by atoms with Gasteiger partial charge in [-0.05, 0) is 38.5 Å². The molecule has 0 bridgehead atoms. The molecule has 3 fully saturated rings. The van der Waals surface area contributed by atoms with Crippen molar-refractivity contribution in [3.05, 3.63) is 12.2 Å². The number of carboxylic acids is 1. The van der Waals surface area contributed by atoms with Crippen LogP contribution in [0.25, 0.3) is 0 Å². The van der Waals surface area contributed by atoms with Gasteiger partial charge in [0.2, 0.25) is 11.8 Å². The molecular weight excluding hydrogens is 1180 g/mol. The number of nitrogens with one attached hydrogen (secondary N) is 2. The number of aliphatic hydroxyl groups excluding tert-OH is 11. The van der Waals surface area contributed by atoms with Gasteiger partial charge in [-0.25, -0.2) is 4.79 Å². The number of allylic oxidation sites excluding steroid dienone is 2. The summed E-state index contributed by atoms with van der Waals surface area (Å²) >= 11 is 0. The van der Waals surface area contributed by atoms with E-state index in [4.69, 9.17) is 28.4 Å². The van der Waals surface area contributed by atoms with E-state index in [1.54, 1.807) is 0 Å². The first-order valence-corrected chi connectivity index (χ1v) is 35.5. The molecule has 91 heavy (non-hydrogen) atoms. The first-order chi connectivity index (χ1) is 43.9. The molecule has 0 spiro atoms. The van der Waals surface area contributed by atoms with Crippen LogP contribution in [0.5, 0.6) is 0 Å².